The molecule has 2 atom stereocenters. The molecule has 20 heavy (non-hydrogen) atoms. The molecule has 1 heterocycles. The van der Waals surface area contributed by atoms with E-state index < -0.39 is 11.7 Å². The highest BCUT2D eigenvalue weighted by atomic mass is 79.9. The van der Waals surface area contributed by atoms with Crippen LogP contribution in [0.1, 0.15) is 25.3 Å². The zero-order valence-corrected chi connectivity index (χ0v) is 12.8. The number of nitrogens with two attached hydrogens (primary N) is 1. The van der Waals surface area contributed by atoms with Crippen LogP contribution in [0.25, 0.3) is 0 Å². The number of benzene rings is 1. The maximum atomic E-state index is 13.2. The Kier molecular flexibility index (Phi) is 4.64. The van der Waals surface area contributed by atoms with Gasteiger partial charge in [-0.25, -0.2) is 0 Å². The monoisotopic (exact) mass is 350 g/mol. The van der Waals surface area contributed by atoms with Crippen molar-refractivity contribution in [2.45, 2.75) is 32.0 Å². The zero-order valence-electron chi connectivity index (χ0n) is 11.3. The second-order valence-electron chi connectivity index (χ2n) is 5.23. The van der Waals surface area contributed by atoms with Crippen molar-refractivity contribution in [2.75, 3.05) is 18.0 Å². The molecule has 0 radical (unpaired) electrons. The summed E-state index contributed by atoms with van der Waals surface area (Å²) in [7, 11) is 0. The predicted molar refractivity (Wildman–Crippen MR) is 77.7 cm³/mol. The van der Waals surface area contributed by atoms with Gasteiger partial charge in [0.15, 0.2) is 0 Å². The Morgan fingerprint density at radius 2 is 2.10 bits per heavy atom. The molecule has 0 amide bonds. The van der Waals surface area contributed by atoms with E-state index in [-0.39, 0.29) is 17.6 Å². The maximum Gasteiger partial charge on any atom is 0.418 e. The largest absolute Gasteiger partial charge is 0.418 e. The van der Waals surface area contributed by atoms with E-state index in [1.165, 1.54) is 6.07 Å². The van der Waals surface area contributed by atoms with Gasteiger partial charge in [-0.1, -0.05) is 29.3 Å². The van der Waals surface area contributed by atoms with E-state index in [0.29, 0.717) is 17.6 Å². The highest BCUT2D eigenvalue weighted by molar-refractivity contribution is 9.10. The van der Waals surface area contributed by atoms with E-state index in [0.717, 1.165) is 18.9 Å². The van der Waals surface area contributed by atoms with Gasteiger partial charge in [-0.05, 0) is 30.5 Å². The molecule has 2 unspecified atom stereocenters. The summed E-state index contributed by atoms with van der Waals surface area (Å²) in [6.45, 7) is 3.19. The maximum absolute atomic E-state index is 13.2. The smallest absolute Gasteiger partial charge is 0.371 e. The first-order valence-corrected chi connectivity index (χ1v) is 7.49. The number of alkyl halides is 3. The number of hydrogen-bond donors (Lipinski definition) is 1. The normalized spacial score (nSPS) is 24.0. The lowest BCUT2D eigenvalue weighted by Gasteiger charge is -2.39. The molecule has 1 aliphatic heterocycles. The third-order valence-electron chi connectivity index (χ3n) is 3.92. The Morgan fingerprint density at radius 3 is 2.70 bits per heavy atom. The molecule has 1 aromatic carbocycles. The van der Waals surface area contributed by atoms with Crippen LogP contribution < -0.4 is 10.6 Å². The minimum Gasteiger partial charge on any atom is -0.371 e. The Balaban J connectivity index is 2.33. The van der Waals surface area contributed by atoms with Crippen molar-refractivity contribution < 1.29 is 13.2 Å². The Hall–Kier alpha value is -0.750. The van der Waals surface area contributed by atoms with Gasteiger partial charge in [0.05, 0.1) is 5.56 Å². The molecule has 0 aromatic heterocycles. The fourth-order valence-corrected chi connectivity index (χ4v) is 3.07. The van der Waals surface area contributed by atoms with E-state index in [2.05, 4.69) is 15.9 Å². The van der Waals surface area contributed by atoms with Gasteiger partial charge in [0.2, 0.25) is 0 Å². The summed E-state index contributed by atoms with van der Waals surface area (Å²) < 4.78 is 39.9. The van der Waals surface area contributed by atoms with E-state index in [9.17, 15) is 13.2 Å². The van der Waals surface area contributed by atoms with Gasteiger partial charge < -0.3 is 10.6 Å². The molecule has 2 nitrogen and oxygen atoms in total. The molecular formula is C14H18BrF3N2. The third kappa shape index (κ3) is 3.28. The van der Waals surface area contributed by atoms with Gasteiger partial charge in [0.25, 0.3) is 0 Å². The van der Waals surface area contributed by atoms with Crippen molar-refractivity contribution in [3.05, 3.63) is 28.2 Å². The van der Waals surface area contributed by atoms with Crippen LogP contribution in [0.5, 0.6) is 0 Å². The van der Waals surface area contributed by atoms with Crippen LogP contribution in [0.15, 0.2) is 22.7 Å². The molecule has 0 saturated carbocycles. The lowest BCUT2D eigenvalue weighted by atomic mass is 9.90. The van der Waals surface area contributed by atoms with E-state index >= 15 is 0 Å². The van der Waals surface area contributed by atoms with Crippen LogP contribution >= 0.6 is 15.9 Å². The minimum atomic E-state index is -4.35. The van der Waals surface area contributed by atoms with Crippen LogP contribution in [0, 0.1) is 5.92 Å². The quantitative estimate of drug-likeness (QED) is 0.872. The van der Waals surface area contributed by atoms with Crippen molar-refractivity contribution in [3.8, 4) is 0 Å². The first-order chi connectivity index (χ1) is 9.32. The lowest BCUT2D eigenvalue weighted by Crippen LogP contribution is -2.47. The number of rotatable bonds is 2. The average molecular weight is 351 g/mol. The summed E-state index contributed by atoms with van der Waals surface area (Å²) in [5, 5.41) is 0. The number of anilines is 1. The van der Waals surface area contributed by atoms with Crippen LogP contribution in [0.2, 0.25) is 0 Å². The van der Waals surface area contributed by atoms with Crippen LogP contribution in [0.3, 0.4) is 0 Å². The molecule has 2 N–H and O–H groups in total. The first-order valence-electron chi connectivity index (χ1n) is 6.70. The summed E-state index contributed by atoms with van der Waals surface area (Å²) >= 11 is 3.11. The number of piperidine rings is 1. The predicted octanol–water partition coefficient (Wildman–Crippen LogP) is 4.03. The average Bonchev–Trinajstić information content (AvgIpc) is 2.38. The molecular weight excluding hydrogens is 333 g/mol. The lowest BCUT2D eigenvalue weighted by molar-refractivity contribution is -0.137. The SMILES string of the molecule is CCC1CN(c2ccc(Br)cc2C(F)(F)F)CCC1N. The number of halogens is 4. The highest BCUT2D eigenvalue weighted by Gasteiger charge is 2.36. The standard InChI is InChI=1S/C14H18BrF3N2/c1-2-9-8-20(6-5-12(9)19)13-4-3-10(15)7-11(13)14(16,17)18/h3-4,7,9,12H,2,5-6,8,19H2,1H3. The van der Waals surface area contributed by atoms with Gasteiger partial charge in [0.1, 0.15) is 0 Å². The van der Waals surface area contributed by atoms with E-state index in [1.807, 2.05) is 11.8 Å². The van der Waals surface area contributed by atoms with Gasteiger partial charge in [-0.15, -0.1) is 0 Å². The third-order valence-corrected chi connectivity index (χ3v) is 4.42. The van der Waals surface area contributed by atoms with Crippen molar-refractivity contribution in [3.63, 3.8) is 0 Å². The summed E-state index contributed by atoms with van der Waals surface area (Å²) in [6, 6.07) is 4.42. The number of nitrogens with zero attached hydrogens (tertiary/aromatic N) is 1. The second-order valence-corrected chi connectivity index (χ2v) is 6.14. The van der Waals surface area contributed by atoms with Crippen molar-refractivity contribution in [2.24, 2.45) is 11.7 Å². The Bertz CT molecular complexity index is 476. The van der Waals surface area contributed by atoms with Gasteiger partial charge in [-0.2, -0.15) is 13.2 Å². The molecule has 1 aliphatic rings. The fraction of sp³-hybridized carbons (Fsp3) is 0.571. The second kappa shape index (κ2) is 5.93. The fourth-order valence-electron chi connectivity index (χ4n) is 2.71. The van der Waals surface area contributed by atoms with Gasteiger partial charge in [-0.3, -0.25) is 0 Å². The molecule has 0 spiro atoms. The van der Waals surface area contributed by atoms with E-state index in [1.54, 1.807) is 6.07 Å². The molecule has 1 saturated heterocycles. The van der Waals surface area contributed by atoms with Gasteiger partial charge in [0, 0.05) is 29.3 Å². The molecule has 1 fully saturated rings. The summed E-state index contributed by atoms with van der Waals surface area (Å²) in [5.74, 6) is 0.244. The topological polar surface area (TPSA) is 29.3 Å². The highest BCUT2D eigenvalue weighted by Crippen LogP contribution is 2.39. The van der Waals surface area contributed by atoms with Gasteiger partial charge >= 0.3 is 6.18 Å². The molecule has 6 heteroatoms. The molecule has 0 aliphatic carbocycles. The first kappa shape index (κ1) is 15.6. The molecule has 2 rings (SSSR count). The summed E-state index contributed by atoms with van der Waals surface area (Å²) in [5.41, 5.74) is 5.69. The minimum absolute atomic E-state index is 0.0843. The molecule has 1 aromatic rings. The molecule has 0 bridgehead atoms. The van der Waals surface area contributed by atoms with Crippen molar-refractivity contribution in [1.29, 1.82) is 0 Å². The zero-order chi connectivity index (χ0) is 14.9. The van der Waals surface area contributed by atoms with Crippen molar-refractivity contribution in [1.82, 2.24) is 0 Å². The van der Waals surface area contributed by atoms with Crippen LogP contribution in [-0.4, -0.2) is 19.1 Å². The summed E-state index contributed by atoms with van der Waals surface area (Å²) in [6.07, 6.45) is -2.73. The number of hydrogen-bond acceptors (Lipinski definition) is 2. The Morgan fingerprint density at radius 1 is 1.40 bits per heavy atom. The van der Waals surface area contributed by atoms with Crippen LogP contribution in [-0.2, 0) is 6.18 Å². The van der Waals surface area contributed by atoms with E-state index in [4.69, 9.17) is 5.73 Å². The summed E-state index contributed by atoms with van der Waals surface area (Å²) in [4.78, 5) is 1.81. The Labute approximate surface area is 125 Å². The van der Waals surface area contributed by atoms with Crippen molar-refractivity contribution >= 4 is 21.6 Å². The van der Waals surface area contributed by atoms with Crippen LogP contribution in [0.4, 0.5) is 18.9 Å². The molecule has 112 valence electrons.